The summed E-state index contributed by atoms with van der Waals surface area (Å²) in [4.78, 5) is 15.2. The highest BCUT2D eigenvalue weighted by molar-refractivity contribution is 5.88. The van der Waals surface area contributed by atoms with Crippen LogP contribution >= 0.6 is 0 Å². The summed E-state index contributed by atoms with van der Waals surface area (Å²) in [6.45, 7) is 0.327. The van der Waals surface area contributed by atoms with Crippen LogP contribution in [0, 0.1) is 11.8 Å². The van der Waals surface area contributed by atoms with Gasteiger partial charge in [0.2, 0.25) is 5.91 Å². The number of H-pyrrole nitrogens is 1. The van der Waals surface area contributed by atoms with Gasteiger partial charge in [0.1, 0.15) is 5.75 Å². The zero-order valence-electron chi connectivity index (χ0n) is 13.4. The van der Waals surface area contributed by atoms with E-state index in [-0.39, 0.29) is 5.91 Å². The molecule has 0 radical (unpaired) electrons. The third-order valence-corrected chi connectivity index (χ3v) is 3.72. The van der Waals surface area contributed by atoms with Crippen LogP contribution in [0.15, 0.2) is 54.7 Å². The summed E-state index contributed by atoms with van der Waals surface area (Å²) in [7, 11) is 1.63. The number of carbonyl (C=O) groups is 1. The molecule has 4 heteroatoms. The zero-order valence-corrected chi connectivity index (χ0v) is 13.4. The predicted octanol–water partition coefficient (Wildman–Crippen LogP) is 2.89. The van der Waals surface area contributed by atoms with Gasteiger partial charge in [-0.2, -0.15) is 0 Å². The average Bonchev–Trinajstić information content (AvgIpc) is 3.02. The Morgan fingerprint density at radius 3 is 2.75 bits per heavy atom. The summed E-state index contributed by atoms with van der Waals surface area (Å²) in [5, 5.41) is 3.91. The second kappa shape index (κ2) is 7.38. The lowest BCUT2D eigenvalue weighted by Crippen LogP contribution is -2.25. The van der Waals surface area contributed by atoms with Crippen molar-refractivity contribution >= 4 is 16.8 Å². The van der Waals surface area contributed by atoms with Gasteiger partial charge in [-0.05, 0) is 35.9 Å². The van der Waals surface area contributed by atoms with Gasteiger partial charge in [0.05, 0.1) is 20.1 Å². The van der Waals surface area contributed by atoms with Crippen molar-refractivity contribution in [3.8, 4) is 17.6 Å². The summed E-state index contributed by atoms with van der Waals surface area (Å²) in [5.41, 5.74) is 2.92. The van der Waals surface area contributed by atoms with E-state index < -0.39 is 0 Å². The van der Waals surface area contributed by atoms with Crippen molar-refractivity contribution in [1.82, 2.24) is 10.3 Å². The molecule has 0 spiro atoms. The molecule has 0 atom stereocenters. The molecule has 0 aliphatic carbocycles. The highest BCUT2D eigenvalue weighted by Crippen LogP contribution is 2.17. The minimum absolute atomic E-state index is 0.0382. The number of fused-ring (bicyclic) bond motifs is 1. The number of para-hydroxylation sites is 1. The van der Waals surface area contributed by atoms with E-state index in [1.807, 2.05) is 54.7 Å². The molecule has 1 heterocycles. The summed E-state index contributed by atoms with van der Waals surface area (Å²) in [6, 6.07) is 15.4. The van der Waals surface area contributed by atoms with Gasteiger partial charge in [0.15, 0.2) is 0 Å². The van der Waals surface area contributed by atoms with Crippen LogP contribution in [-0.4, -0.2) is 24.5 Å². The van der Waals surface area contributed by atoms with Crippen LogP contribution in [0.2, 0.25) is 0 Å². The molecule has 0 saturated heterocycles. The van der Waals surface area contributed by atoms with E-state index in [4.69, 9.17) is 4.74 Å². The highest BCUT2D eigenvalue weighted by Gasteiger charge is 2.07. The first-order chi connectivity index (χ1) is 11.8. The predicted molar refractivity (Wildman–Crippen MR) is 94.9 cm³/mol. The van der Waals surface area contributed by atoms with Gasteiger partial charge in [-0.3, -0.25) is 4.79 Å². The number of nitrogens with one attached hydrogen (secondary N) is 2. The maximum atomic E-state index is 12.0. The molecule has 0 saturated carbocycles. The molecule has 24 heavy (non-hydrogen) atoms. The summed E-state index contributed by atoms with van der Waals surface area (Å²) < 4.78 is 5.10. The average molecular weight is 318 g/mol. The Bertz CT molecular complexity index is 899. The van der Waals surface area contributed by atoms with E-state index in [0.717, 1.165) is 27.8 Å². The summed E-state index contributed by atoms with van der Waals surface area (Å²) in [6.07, 6.45) is 2.22. The number of methoxy groups -OCH3 is 1. The molecule has 2 N–H and O–H groups in total. The quantitative estimate of drug-likeness (QED) is 0.727. The number of aromatic nitrogens is 1. The molecular weight excluding hydrogens is 300 g/mol. The smallest absolute Gasteiger partial charge is 0.225 e. The van der Waals surface area contributed by atoms with Crippen molar-refractivity contribution in [2.45, 2.75) is 6.42 Å². The molecule has 3 aromatic rings. The lowest BCUT2D eigenvalue weighted by atomic mass is 10.1. The van der Waals surface area contributed by atoms with E-state index in [2.05, 4.69) is 22.1 Å². The van der Waals surface area contributed by atoms with Gasteiger partial charge < -0.3 is 15.0 Å². The van der Waals surface area contributed by atoms with E-state index >= 15 is 0 Å². The second-order valence-electron chi connectivity index (χ2n) is 5.34. The number of hydrogen-bond donors (Lipinski definition) is 2. The van der Waals surface area contributed by atoms with E-state index in [1.54, 1.807) is 7.11 Å². The van der Waals surface area contributed by atoms with Crippen molar-refractivity contribution in [3.63, 3.8) is 0 Å². The Balaban J connectivity index is 1.53. The SMILES string of the molecule is COc1ccc(C#CCNC(=O)Cc2c[nH]c3ccccc23)cc1. The molecule has 3 rings (SSSR count). The maximum Gasteiger partial charge on any atom is 0.225 e. The second-order valence-corrected chi connectivity index (χ2v) is 5.34. The molecule has 120 valence electrons. The van der Waals surface area contributed by atoms with Gasteiger partial charge in [-0.25, -0.2) is 0 Å². The molecule has 1 amide bonds. The molecule has 0 aliphatic heterocycles. The first kappa shape index (κ1) is 15.7. The van der Waals surface area contributed by atoms with Crippen LogP contribution in [0.25, 0.3) is 10.9 Å². The van der Waals surface area contributed by atoms with Gasteiger partial charge in [0, 0.05) is 22.7 Å². The Morgan fingerprint density at radius 2 is 1.96 bits per heavy atom. The molecular formula is C20H18N2O2. The lowest BCUT2D eigenvalue weighted by Gasteiger charge is -2.00. The van der Waals surface area contributed by atoms with Gasteiger partial charge in [-0.15, -0.1) is 0 Å². The normalized spacial score (nSPS) is 10.0. The van der Waals surface area contributed by atoms with Gasteiger partial charge >= 0.3 is 0 Å². The van der Waals surface area contributed by atoms with Crippen LogP contribution in [-0.2, 0) is 11.2 Å². The van der Waals surface area contributed by atoms with Crippen LogP contribution < -0.4 is 10.1 Å². The first-order valence-corrected chi connectivity index (χ1v) is 7.71. The van der Waals surface area contributed by atoms with Crippen molar-refractivity contribution in [2.75, 3.05) is 13.7 Å². The van der Waals surface area contributed by atoms with Gasteiger partial charge in [0.25, 0.3) is 0 Å². The Labute approximate surface area is 140 Å². The third-order valence-electron chi connectivity index (χ3n) is 3.72. The van der Waals surface area contributed by atoms with Crippen LogP contribution in [0.3, 0.4) is 0 Å². The Morgan fingerprint density at radius 1 is 1.17 bits per heavy atom. The van der Waals surface area contributed by atoms with Gasteiger partial charge in [-0.1, -0.05) is 30.0 Å². The molecule has 0 fully saturated rings. The van der Waals surface area contributed by atoms with Crippen LogP contribution in [0.4, 0.5) is 0 Å². The Kier molecular flexibility index (Phi) is 4.83. The maximum absolute atomic E-state index is 12.0. The minimum Gasteiger partial charge on any atom is -0.497 e. The summed E-state index contributed by atoms with van der Waals surface area (Å²) in [5.74, 6) is 6.73. The number of aromatic amines is 1. The first-order valence-electron chi connectivity index (χ1n) is 7.71. The molecule has 0 unspecified atom stereocenters. The van der Waals surface area contributed by atoms with Crippen molar-refractivity contribution < 1.29 is 9.53 Å². The fraction of sp³-hybridized carbons (Fsp3) is 0.150. The number of ether oxygens (including phenoxy) is 1. The number of benzene rings is 2. The number of rotatable bonds is 4. The largest absolute Gasteiger partial charge is 0.497 e. The van der Waals surface area contributed by atoms with E-state index in [9.17, 15) is 4.79 Å². The van der Waals surface area contributed by atoms with Crippen LogP contribution in [0.1, 0.15) is 11.1 Å². The van der Waals surface area contributed by atoms with E-state index in [1.165, 1.54) is 0 Å². The van der Waals surface area contributed by atoms with Crippen molar-refractivity contribution in [1.29, 1.82) is 0 Å². The fourth-order valence-corrected chi connectivity index (χ4v) is 2.48. The number of carbonyl (C=O) groups excluding carboxylic acids is 1. The van der Waals surface area contributed by atoms with Crippen molar-refractivity contribution in [2.24, 2.45) is 0 Å². The molecule has 0 bridgehead atoms. The number of hydrogen-bond acceptors (Lipinski definition) is 2. The fourth-order valence-electron chi connectivity index (χ4n) is 2.48. The van der Waals surface area contributed by atoms with Crippen molar-refractivity contribution in [3.05, 3.63) is 65.9 Å². The molecule has 4 nitrogen and oxygen atoms in total. The molecule has 1 aromatic heterocycles. The summed E-state index contributed by atoms with van der Waals surface area (Å²) >= 11 is 0. The molecule has 2 aromatic carbocycles. The lowest BCUT2D eigenvalue weighted by molar-refractivity contribution is -0.120. The topological polar surface area (TPSA) is 54.1 Å². The van der Waals surface area contributed by atoms with E-state index in [0.29, 0.717) is 13.0 Å². The minimum atomic E-state index is -0.0382. The highest BCUT2D eigenvalue weighted by atomic mass is 16.5. The zero-order chi connectivity index (χ0) is 16.8. The number of amides is 1. The monoisotopic (exact) mass is 318 g/mol. The standard InChI is InChI=1S/C20H18N2O2/c1-24-17-10-8-15(9-11-17)5-4-12-21-20(23)13-16-14-22-19-7-3-2-6-18(16)19/h2-3,6-11,14,22H,12-13H2,1H3,(H,21,23). The third kappa shape index (κ3) is 3.76. The Hall–Kier alpha value is -3.19. The molecule has 0 aliphatic rings. The van der Waals surface area contributed by atoms with Crippen LogP contribution in [0.5, 0.6) is 5.75 Å².